The van der Waals surface area contributed by atoms with Crippen LogP contribution < -0.4 is 11.1 Å². The van der Waals surface area contributed by atoms with Crippen LogP contribution in [0, 0.1) is 11.3 Å². The maximum absolute atomic E-state index is 9.11. The summed E-state index contributed by atoms with van der Waals surface area (Å²) in [5, 5.41) is 13.3. The minimum Gasteiger partial charge on any atom is -0.380 e. The second kappa shape index (κ2) is 5.80. The van der Waals surface area contributed by atoms with Crippen molar-refractivity contribution in [3.05, 3.63) is 48.2 Å². The Morgan fingerprint density at radius 1 is 1.33 bits per heavy atom. The molecule has 0 atom stereocenters. The molecule has 0 fully saturated rings. The van der Waals surface area contributed by atoms with Gasteiger partial charge in [0.15, 0.2) is 0 Å². The van der Waals surface area contributed by atoms with Crippen molar-refractivity contribution >= 4 is 16.6 Å². The van der Waals surface area contributed by atoms with Gasteiger partial charge < -0.3 is 11.1 Å². The van der Waals surface area contributed by atoms with Gasteiger partial charge in [-0.15, -0.1) is 0 Å². The third kappa shape index (κ3) is 2.47. The van der Waals surface area contributed by atoms with Crippen LogP contribution in [0.25, 0.3) is 10.9 Å². The predicted octanol–water partition coefficient (Wildman–Crippen LogP) is 2.03. The number of fused-ring (bicyclic) bond motifs is 1. The molecular formula is C14H14N4. The molecule has 0 saturated carbocycles. The number of nitriles is 1. The molecule has 1 aromatic carbocycles. The van der Waals surface area contributed by atoms with Gasteiger partial charge in [0.25, 0.3) is 0 Å². The SMILES string of the molecule is N#Cc1cnc2ccccc2c1NC/C=C/CN. The molecule has 3 N–H and O–H groups in total. The Bertz CT molecular complexity index is 611. The summed E-state index contributed by atoms with van der Waals surface area (Å²) in [6.07, 6.45) is 5.41. The lowest BCUT2D eigenvalue weighted by atomic mass is 10.1. The van der Waals surface area contributed by atoms with Gasteiger partial charge in [-0.3, -0.25) is 4.98 Å². The lowest BCUT2D eigenvalue weighted by molar-refractivity contribution is 1.22. The summed E-state index contributed by atoms with van der Waals surface area (Å²) in [6, 6.07) is 9.91. The summed E-state index contributed by atoms with van der Waals surface area (Å²) in [7, 11) is 0. The lowest BCUT2D eigenvalue weighted by Crippen LogP contribution is -2.03. The van der Waals surface area contributed by atoms with Crippen molar-refractivity contribution in [3.8, 4) is 6.07 Å². The highest BCUT2D eigenvalue weighted by Crippen LogP contribution is 2.24. The molecule has 0 unspecified atom stereocenters. The minimum absolute atomic E-state index is 0.518. The molecule has 1 aromatic heterocycles. The zero-order valence-corrected chi connectivity index (χ0v) is 9.93. The number of nitrogens with two attached hydrogens (primary N) is 1. The van der Waals surface area contributed by atoms with E-state index in [0.717, 1.165) is 16.6 Å². The normalized spacial score (nSPS) is 10.7. The Labute approximate surface area is 106 Å². The van der Waals surface area contributed by atoms with Gasteiger partial charge in [0.2, 0.25) is 0 Å². The molecule has 0 amide bonds. The van der Waals surface area contributed by atoms with Crippen molar-refractivity contribution in [2.75, 3.05) is 18.4 Å². The maximum Gasteiger partial charge on any atom is 0.103 e. The molecule has 1 heterocycles. The van der Waals surface area contributed by atoms with Gasteiger partial charge in [0, 0.05) is 24.7 Å². The molecule has 4 heteroatoms. The van der Waals surface area contributed by atoms with Crippen molar-refractivity contribution in [2.24, 2.45) is 5.73 Å². The van der Waals surface area contributed by atoms with Crippen LogP contribution in [-0.4, -0.2) is 18.1 Å². The summed E-state index contributed by atoms with van der Waals surface area (Å²) < 4.78 is 0. The molecule has 0 spiro atoms. The van der Waals surface area contributed by atoms with Gasteiger partial charge in [-0.05, 0) is 6.07 Å². The number of nitrogens with one attached hydrogen (secondary N) is 1. The van der Waals surface area contributed by atoms with Crippen LogP contribution in [0.2, 0.25) is 0 Å². The van der Waals surface area contributed by atoms with Crippen molar-refractivity contribution in [1.29, 1.82) is 5.26 Å². The fraction of sp³-hybridized carbons (Fsp3) is 0.143. The van der Waals surface area contributed by atoms with E-state index in [1.807, 2.05) is 36.4 Å². The van der Waals surface area contributed by atoms with E-state index in [-0.39, 0.29) is 0 Å². The van der Waals surface area contributed by atoms with Crippen molar-refractivity contribution in [3.63, 3.8) is 0 Å². The molecule has 2 rings (SSSR count). The zero-order valence-electron chi connectivity index (χ0n) is 9.93. The topological polar surface area (TPSA) is 74.7 Å². The van der Waals surface area contributed by atoms with Crippen molar-refractivity contribution in [1.82, 2.24) is 4.98 Å². The van der Waals surface area contributed by atoms with Crippen LogP contribution in [0.15, 0.2) is 42.6 Å². The molecule has 0 radical (unpaired) electrons. The first kappa shape index (κ1) is 12.1. The number of rotatable bonds is 4. The highest BCUT2D eigenvalue weighted by atomic mass is 14.9. The number of hydrogen-bond donors (Lipinski definition) is 2. The van der Waals surface area contributed by atoms with E-state index in [1.165, 1.54) is 0 Å². The minimum atomic E-state index is 0.518. The van der Waals surface area contributed by atoms with Gasteiger partial charge in [-0.2, -0.15) is 5.26 Å². The molecule has 0 aliphatic heterocycles. The number of anilines is 1. The molecular weight excluding hydrogens is 224 g/mol. The Hall–Kier alpha value is -2.38. The van der Waals surface area contributed by atoms with E-state index < -0.39 is 0 Å². The first-order valence-electron chi connectivity index (χ1n) is 5.73. The molecule has 0 aliphatic rings. The summed E-state index contributed by atoms with van der Waals surface area (Å²) in [6.45, 7) is 1.16. The monoisotopic (exact) mass is 238 g/mol. The third-order valence-corrected chi connectivity index (χ3v) is 2.60. The average molecular weight is 238 g/mol. The number of para-hydroxylation sites is 1. The highest BCUT2D eigenvalue weighted by molar-refractivity contribution is 5.93. The summed E-state index contributed by atoms with van der Waals surface area (Å²) >= 11 is 0. The number of pyridine rings is 1. The lowest BCUT2D eigenvalue weighted by Gasteiger charge is -2.09. The Morgan fingerprint density at radius 2 is 2.17 bits per heavy atom. The molecule has 18 heavy (non-hydrogen) atoms. The largest absolute Gasteiger partial charge is 0.380 e. The quantitative estimate of drug-likeness (QED) is 0.799. The maximum atomic E-state index is 9.11. The fourth-order valence-corrected chi connectivity index (χ4v) is 1.76. The van der Waals surface area contributed by atoms with Crippen LogP contribution >= 0.6 is 0 Å². The Balaban J connectivity index is 2.39. The third-order valence-electron chi connectivity index (χ3n) is 2.60. The molecule has 0 bridgehead atoms. The number of hydrogen-bond acceptors (Lipinski definition) is 4. The van der Waals surface area contributed by atoms with Gasteiger partial charge in [-0.1, -0.05) is 30.4 Å². The van der Waals surface area contributed by atoms with E-state index in [1.54, 1.807) is 6.20 Å². The van der Waals surface area contributed by atoms with Crippen molar-refractivity contribution in [2.45, 2.75) is 0 Å². The highest BCUT2D eigenvalue weighted by Gasteiger charge is 2.06. The average Bonchev–Trinajstić information content (AvgIpc) is 2.43. The van der Waals surface area contributed by atoms with Crippen LogP contribution in [-0.2, 0) is 0 Å². The van der Waals surface area contributed by atoms with Crippen molar-refractivity contribution < 1.29 is 0 Å². The predicted molar refractivity (Wildman–Crippen MR) is 73.1 cm³/mol. The Morgan fingerprint density at radius 3 is 2.94 bits per heavy atom. The second-order valence-electron chi connectivity index (χ2n) is 3.76. The Kier molecular flexibility index (Phi) is 3.90. The van der Waals surface area contributed by atoms with Crippen LogP contribution in [0.4, 0.5) is 5.69 Å². The smallest absolute Gasteiger partial charge is 0.103 e. The van der Waals surface area contributed by atoms with Crippen LogP contribution in [0.5, 0.6) is 0 Å². The van der Waals surface area contributed by atoms with E-state index in [0.29, 0.717) is 18.7 Å². The fourth-order valence-electron chi connectivity index (χ4n) is 1.76. The van der Waals surface area contributed by atoms with Gasteiger partial charge in [0.1, 0.15) is 6.07 Å². The van der Waals surface area contributed by atoms with Gasteiger partial charge >= 0.3 is 0 Å². The molecule has 0 saturated heterocycles. The summed E-state index contributed by atoms with van der Waals surface area (Å²) in [5.41, 5.74) is 7.63. The van der Waals surface area contributed by atoms with Crippen LogP contribution in [0.1, 0.15) is 5.56 Å². The van der Waals surface area contributed by atoms with Gasteiger partial charge in [0.05, 0.1) is 16.8 Å². The molecule has 0 aliphatic carbocycles. The first-order valence-corrected chi connectivity index (χ1v) is 5.73. The van der Waals surface area contributed by atoms with E-state index in [4.69, 9.17) is 11.0 Å². The van der Waals surface area contributed by atoms with E-state index in [2.05, 4.69) is 16.4 Å². The first-order chi connectivity index (χ1) is 8.86. The summed E-state index contributed by atoms with van der Waals surface area (Å²) in [4.78, 5) is 4.26. The molecule has 4 nitrogen and oxygen atoms in total. The zero-order chi connectivity index (χ0) is 12.8. The molecule has 90 valence electrons. The van der Waals surface area contributed by atoms with E-state index >= 15 is 0 Å². The summed E-state index contributed by atoms with van der Waals surface area (Å²) in [5.74, 6) is 0. The number of benzene rings is 1. The molecule has 2 aromatic rings. The number of nitrogens with zero attached hydrogens (tertiary/aromatic N) is 2. The van der Waals surface area contributed by atoms with Gasteiger partial charge in [-0.25, -0.2) is 0 Å². The second-order valence-corrected chi connectivity index (χ2v) is 3.76. The standard InChI is InChI=1S/C14H14N4/c15-7-3-4-8-17-14-11(9-16)10-18-13-6-2-1-5-12(13)14/h1-6,10H,7-8,15H2,(H,17,18)/b4-3+. The van der Waals surface area contributed by atoms with Crippen LogP contribution in [0.3, 0.4) is 0 Å². The number of aromatic nitrogens is 1. The van der Waals surface area contributed by atoms with E-state index in [9.17, 15) is 0 Å².